The number of benzene rings is 2. The van der Waals surface area contributed by atoms with E-state index >= 15 is 0 Å². The number of carbonyl (C=O) groups excluding carboxylic acids is 1. The lowest BCUT2D eigenvalue weighted by Crippen LogP contribution is -2.13. The van der Waals surface area contributed by atoms with E-state index in [1.54, 1.807) is 54.6 Å². The number of amides is 1. The number of aromatic nitrogens is 1. The molecule has 0 radical (unpaired) electrons. The average Bonchev–Trinajstić information content (AvgIpc) is 2.66. The molecule has 0 saturated heterocycles. The highest BCUT2D eigenvalue weighted by Crippen LogP contribution is 2.23. The number of hydrogen-bond donors (Lipinski definition) is 2. The van der Waals surface area contributed by atoms with Gasteiger partial charge in [-0.25, -0.2) is 4.98 Å². The van der Waals surface area contributed by atoms with Crippen molar-refractivity contribution in [1.82, 2.24) is 4.98 Å². The molecule has 0 fully saturated rings. The Morgan fingerprint density at radius 2 is 1.88 bits per heavy atom. The fourth-order valence-electron chi connectivity index (χ4n) is 2.32. The third kappa shape index (κ3) is 4.00. The molecule has 2 aromatic carbocycles. The predicted octanol–water partition coefficient (Wildman–Crippen LogP) is 4.91. The van der Waals surface area contributed by atoms with Crippen LogP contribution in [0.5, 0.6) is 0 Å². The van der Waals surface area contributed by atoms with Gasteiger partial charge in [-0.15, -0.1) is 0 Å². The van der Waals surface area contributed by atoms with Gasteiger partial charge < -0.3 is 10.6 Å². The van der Waals surface area contributed by atoms with Crippen LogP contribution in [0.25, 0.3) is 0 Å². The molecule has 1 heterocycles. The molecule has 0 bridgehead atoms. The zero-order chi connectivity index (χ0) is 18.5. The summed E-state index contributed by atoms with van der Waals surface area (Å²) >= 11 is 6.07. The maximum atomic E-state index is 12.4. The Labute approximate surface area is 156 Å². The molecule has 0 saturated carbocycles. The molecule has 0 aliphatic carbocycles. The van der Waals surface area contributed by atoms with E-state index in [0.29, 0.717) is 27.7 Å². The predicted molar refractivity (Wildman–Crippen MR) is 103 cm³/mol. The molecule has 2 N–H and O–H groups in total. The Bertz CT molecular complexity index is 976. The third-order valence-electron chi connectivity index (χ3n) is 3.83. The molecule has 3 rings (SSSR count). The SMILES string of the molecule is Cc1c(Cl)cccc1NC(=O)c1ccc(Nc2ccc(C#N)cc2)nc1. The molecule has 1 amide bonds. The summed E-state index contributed by atoms with van der Waals surface area (Å²) in [4.78, 5) is 16.6. The van der Waals surface area contributed by atoms with Crippen LogP contribution in [0.15, 0.2) is 60.8 Å². The standard InChI is InChI=1S/C20H15ClN4O/c1-13-17(21)3-2-4-18(13)25-20(26)15-7-10-19(23-12-15)24-16-8-5-14(11-22)6-9-16/h2-10,12H,1H3,(H,23,24)(H,25,26). The van der Waals surface area contributed by atoms with Gasteiger partial charge >= 0.3 is 0 Å². The number of carbonyl (C=O) groups is 1. The van der Waals surface area contributed by atoms with E-state index in [4.69, 9.17) is 16.9 Å². The summed E-state index contributed by atoms with van der Waals surface area (Å²) in [6, 6.07) is 17.9. The monoisotopic (exact) mass is 362 g/mol. The molecule has 6 heteroatoms. The Morgan fingerprint density at radius 3 is 2.54 bits per heavy atom. The molecule has 1 aromatic heterocycles. The second-order valence-electron chi connectivity index (χ2n) is 5.61. The zero-order valence-electron chi connectivity index (χ0n) is 14.0. The second-order valence-corrected chi connectivity index (χ2v) is 6.02. The maximum Gasteiger partial charge on any atom is 0.257 e. The minimum absolute atomic E-state index is 0.257. The fraction of sp³-hybridized carbons (Fsp3) is 0.0500. The van der Waals surface area contributed by atoms with Crippen molar-refractivity contribution >= 4 is 34.7 Å². The summed E-state index contributed by atoms with van der Waals surface area (Å²) in [7, 11) is 0. The Morgan fingerprint density at radius 1 is 1.12 bits per heavy atom. The van der Waals surface area contributed by atoms with Crippen LogP contribution in [-0.4, -0.2) is 10.9 Å². The Kier molecular flexibility index (Phi) is 5.16. The van der Waals surface area contributed by atoms with Crippen molar-refractivity contribution in [1.29, 1.82) is 5.26 Å². The quantitative estimate of drug-likeness (QED) is 0.691. The number of hydrogen-bond acceptors (Lipinski definition) is 4. The van der Waals surface area contributed by atoms with E-state index in [1.165, 1.54) is 6.20 Å². The van der Waals surface area contributed by atoms with Gasteiger partial charge in [0.2, 0.25) is 0 Å². The lowest BCUT2D eigenvalue weighted by molar-refractivity contribution is 0.102. The van der Waals surface area contributed by atoms with Gasteiger partial charge in [-0.1, -0.05) is 17.7 Å². The van der Waals surface area contributed by atoms with Gasteiger partial charge in [-0.3, -0.25) is 4.79 Å². The van der Waals surface area contributed by atoms with Crippen LogP contribution >= 0.6 is 11.6 Å². The van der Waals surface area contributed by atoms with Crippen molar-refractivity contribution in [3.05, 3.63) is 82.5 Å². The molecule has 0 aliphatic rings. The van der Waals surface area contributed by atoms with Gasteiger partial charge in [0, 0.05) is 22.6 Å². The average molecular weight is 363 g/mol. The van der Waals surface area contributed by atoms with Crippen LogP contribution in [0.2, 0.25) is 5.02 Å². The van der Waals surface area contributed by atoms with Crippen LogP contribution < -0.4 is 10.6 Å². The van der Waals surface area contributed by atoms with Gasteiger partial charge in [0.1, 0.15) is 5.82 Å². The normalized spacial score (nSPS) is 10.0. The number of anilines is 3. The molecule has 3 aromatic rings. The number of nitriles is 1. The van der Waals surface area contributed by atoms with Crippen molar-refractivity contribution in [3.63, 3.8) is 0 Å². The van der Waals surface area contributed by atoms with E-state index in [9.17, 15) is 4.79 Å². The van der Waals surface area contributed by atoms with Crippen LogP contribution in [0, 0.1) is 18.3 Å². The number of halogens is 1. The minimum atomic E-state index is -0.257. The molecule has 128 valence electrons. The lowest BCUT2D eigenvalue weighted by atomic mass is 10.2. The summed E-state index contributed by atoms with van der Waals surface area (Å²) < 4.78 is 0. The van der Waals surface area contributed by atoms with Gasteiger partial charge in [0.05, 0.1) is 17.2 Å². The fourth-order valence-corrected chi connectivity index (χ4v) is 2.49. The van der Waals surface area contributed by atoms with Crippen LogP contribution in [0.1, 0.15) is 21.5 Å². The van der Waals surface area contributed by atoms with Gasteiger partial charge in [0.25, 0.3) is 5.91 Å². The van der Waals surface area contributed by atoms with Crippen molar-refractivity contribution < 1.29 is 4.79 Å². The van der Waals surface area contributed by atoms with E-state index < -0.39 is 0 Å². The first-order chi connectivity index (χ1) is 12.6. The highest BCUT2D eigenvalue weighted by atomic mass is 35.5. The highest BCUT2D eigenvalue weighted by molar-refractivity contribution is 6.31. The first-order valence-corrected chi connectivity index (χ1v) is 8.24. The van der Waals surface area contributed by atoms with Gasteiger partial charge in [0.15, 0.2) is 0 Å². The zero-order valence-corrected chi connectivity index (χ0v) is 14.7. The number of pyridine rings is 1. The van der Waals surface area contributed by atoms with Crippen LogP contribution in [0.3, 0.4) is 0 Å². The van der Waals surface area contributed by atoms with Crippen molar-refractivity contribution in [2.45, 2.75) is 6.92 Å². The van der Waals surface area contributed by atoms with Gasteiger partial charge in [-0.2, -0.15) is 5.26 Å². The van der Waals surface area contributed by atoms with E-state index in [2.05, 4.69) is 21.7 Å². The molecule has 5 nitrogen and oxygen atoms in total. The summed E-state index contributed by atoms with van der Waals surface area (Å²) in [6.07, 6.45) is 1.50. The summed E-state index contributed by atoms with van der Waals surface area (Å²) in [5.74, 6) is 0.345. The molecule has 0 unspecified atom stereocenters. The van der Waals surface area contributed by atoms with Crippen molar-refractivity contribution in [2.75, 3.05) is 10.6 Å². The molecule has 26 heavy (non-hydrogen) atoms. The Hall–Kier alpha value is -3.36. The largest absolute Gasteiger partial charge is 0.340 e. The Balaban J connectivity index is 1.69. The third-order valence-corrected chi connectivity index (χ3v) is 4.24. The summed E-state index contributed by atoms with van der Waals surface area (Å²) in [5.41, 5.74) is 3.32. The molecular weight excluding hydrogens is 348 g/mol. The first-order valence-electron chi connectivity index (χ1n) is 7.86. The highest BCUT2D eigenvalue weighted by Gasteiger charge is 2.09. The number of rotatable bonds is 4. The van der Waals surface area contributed by atoms with E-state index in [1.807, 2.05) is 6.92 Å². The van der Waals surface area contributed by atoms with E-state index in [0.717, 1.165) is 11.3 Å². The van der Waals surface area contributed by atoms with Gasteiger partial charge in [-0.05, 0) is 61.0 Å². The number of nitrogens with zero attached hydrogens (tertiary/aromatic N) is 2. The van der Waals surface area contributed by atoms with Crippen molar-refractivity contribution in [2.24, 2.45) is 0 Å². The minimum Gasteiger partial charge on any atom is -0.340 e. The van der Waals surface area contributed by atoms with Crippen LogP contribution in [-0.2, 0) is 0 Å². The van der Waals surface area contributed by atoms with Crippen LogP contribution in [0.4, 0.5) is 17.2 Å². The topological polar surface area (TPSA) is 77.8 Å². The lowest BCUT2D eigenvalue weighted by Gasteiger charge is -2.10. The van der Waals surface area contributed by atoms with E-state index in [-0.39, 0.29) is 5.91 Å². The number of nitrogens with one attached hydrogen (secondary N) is 2. The first kappa shape index (κ1) is 17.5. The maximum absolute atomic E-state index is 12.4. The molecule has 0 spiro atoms. The summed E-state index contributed by atoms with van der Waals surface area (Å²) in [6.45, 7) is 1.85. The second kappa shape index (κ2) is 7.68. The molecule has 0 aliphatic heterocycles. The molecular formula is C20H15ClN4O. The summed E-state index contributed by atoms with van der Waals surface area (Å²) in [5, 5.41) is 15.4. The molecule has 0 atom stereocenters. The van der Waals surface area contributed by atoms with Crippen molar-refractivity contribution in [3.8, 4) is 6.07 Å². The smallest absolute Gasteiger partial charge is 0.257 e.